The van der Waals surface area contributed by atoms with Crippen molar-refractivity contribution < 1.29 is 4.79 Å². The zero-order chi connectivity index (χ0) is 12.1. The van der Waals surface area contributed by atoms with Gasteiger partial charge in [-0.1, -0.05) is 29.8 Å². The number of hydrogen-bond acceptors (Lipinski definition) is 2. The number of nitrogens with one attached hydrogen (secondary N) is 1. The van der Waals surface area contributed by atoms with E-state index >= 15 is 0 Å². The maximum absolute atomic E-state index is 10.8. The van der Waals surface area contributed by atoms with E-state index < -0.39 is 0 Å². The molecule has 0 aromatic heterocycles. The molecule has 1 rings (SSSR count). The maximum Gasteiger partial charge on any atom is 0.218 e. The van der Waals surface area contributed by atoms with Gasteiger partial charge in [0, 0.05) is 18.5 Å². The van der Waals surface area contributed by atoms with Gasteiger partial charge in [-0.05, 0) is 26.3 Å². The van der Waals surface area contributed by atoms with Crippen molar-refractivity contribution >= 4 is 5.91 Å². The number of hydrogen-bond donors (Lipinski definition) is 2. The van der Waals surface area contributed by atoms with Gasteiger partial charge in [-0.25, -0.2) is 0 Å². The Bertz CT molecular complexity index is 345. The smallest absolute Gasteiger partial charge is 0.218 e. The first-order valence-electron chi connectivity index (χ1n) is 5.60. The quantitative estimate of drug-likeness (QED) is 0.796. The van der Waals surface area contributed by atoms with Gasteiger partial charge in [0.2, 0.25) is 5.91 Å². The summed E-state index contributed by atoms with van der Waals surface area (Å²) in [4.78, 5) is 10.8. The molecule has 0 aliphatic heterocycles. The molecule has 0 aliphatic carbocycles. The van der Waals surface area contributed by atoms with Crippen molar-refractivity contribution in [1.82, 2.24) is 5.32 Å². The first-order chi connectivity index (χ1) is 7.49. The molecular formula is C13H20N2O. The number of primary amides is 1. The highest BCUT2D eigenvalue weighted by molar-refractivity contribution is 5.74. The molecule has 2 atom stereocenters. The van der Waals surface area contributed by atoms with Crippen LogP contribution in [0.5, 0.6) is 0 Å². The van der Waals surface area contributed by atoms with Crippen molar-refractivity contribution in [3.05, 3.63) is 35.4 Å². The summed E-state index contributed by atoms with van der Waals surface area (Å²) in [6, 6.07) is 8.72. The molecule has 3 heteroatoms. The van der Waals surface area contributed by atoms with Gasteiger partial charge in [0.1, 0.15) is 0 Å². The van der Waals surface area contributed by atoms with Gasteiger partial charge in [0.25, 0.3) is 0 Å². The Morgan fingerprint density at radius 1 is 1.31 bits per heavy atom. The summed E-state index contributed by atoms with van der Waals surface area (Å²) >= 11 is 0. The first kappa shape index (κ1) is 12.7. The molecule has 3 nitrogen and oxygen atoms in total. The SMILES string of the molecule is Cc1ccc(C(C)NC(C)CC(N)=O)cc1. The molecule has 0 radical (unpaired) electrons. The fourth-order valence-corrected chi connectivity index (χ4v) is 1.74. The van der Waals surface area contributed by atoms with Gasteiger partial charge in [-0.2, -0.15) is 0 Å². The molecule has 0 fully saturated rings. The zero-order valence-corrected chi connectivity index (χ0v) is 10.2. The van der Waals surface area contributed by atoms with Gasteiger partial charge in [0.05, 0.1) is 0 Å². The van der Waals surface area contributed by atoms with Gasteiger partial charge in [-0.3, -0.25) is 4.79 Å². The number of benzene rings is 1. The lowest BCUT2D eigenvalue weighted by atomic mass is 10.1. The molecule has 0 spiro atoms. The lowest BCUT2D eigenvalue weighted by Gasteiger charge is -2.19. The van der Waals surface area contributed by atoms with Crippen molar-refractivity contribution in [2.75, 3.05) is 0 Å². The molecule has 0 heterocycles. The van der Waals surface area contributed by atoms with Crippen LogP contribution < -0.4 is 11.1 Å². The van der Waals surface area contributed by atoms with Crippen molar-refractivity contribution in [1.29, 1.82) is 0 Å². The van der Waals surface area contributed by atoms with E-state index in [2.05, 4.69) is 43.4 Å². The Balaban J connectivity index is 2.54. The second-order valence-corrected chi connectivity index (χ2v) is 4.37. The summed E-state index contributed by atoms with van der Waals surface area (Å²) in [5.41, 5.74) is 7.62. The Morgan fingerprint density at radius 3 is 2.38 bits per heavy atom. The van der Waals surface area contributed by atoms with Gasteiger partial charge >= 0.3 is 0 Å². The van der Waals surface area contributed by atoms with Crippen LogP contribution in [0.1, 0.15) is 37.4 Å². The number of nitrogens with two attached hydrogens (primary N) is 1. The van der Waals surface area contributed by atoms with Crippen molar-refractivity contribution in [2.24, 2.45) is 5.73 Å². The molecule has 0 saturated carbocycles. The van der Waals surface area contributed by atoms with Crippen LogP contribution in [0.3, 0.4) is 0 Å². The van der Waals surface area contributed by atoms with Crippen LogP contribution in [0.2, 0.25) is 0 Å². The Morgan fingerprint density at radius 2 is 1.88 bits per heavy atom. The Hall–Kier alpha value is -1.35. The van der Waals surface area contributed by atoms with E-state index in [1.165, 1.54) is 11.1 Å². The molecule has 88 valence electrons. The third kappa shape index (κ3) is 4.03. The molecule has 0 saturated heterocycles. The standard InChI is InChI=1S/C13H20N2O/c1-9-4-6-12(7-5-9)11(3)15-10(2)8-13(14)16/h4-7,10-11,15H,8H2,1-3H3,(H2,14,16). The molecule has 3 N–H and O–H groups in total. The molecule has 0 aliphatic rings. The number of amides is 1. The second-order valence-electron chi connectivity index (χ2n) is 4.37. The minimum absolute atomic E-state index is 0.105. The van der Waals surface area contributed by atoms with Crippen LogP contribution in [0, 0.1) is 6.92 Å². The third-order valence-electron chi connectivity index (χ3n) is 2.62. The van der Waals surface area contributed by atoms with E-state index in [1.807, 2.05) is 6.92 Å². The minimum Gasteiger partial charge on any atom is -0.370 e. The highest BCUT2D eigenvalue weighted by atomic mass is 16.1. The van der Waals surface area contributed by atoms with Crippen LogP contribution in [0.4, 0.5) is 0 Å². The van der Waals surface area contributed by atoms with Crippen LogP contribution in [0.25, 0.3) is 0 Å². The summed E-state index contributed by atoms with van der Waals surface area (Å²) in [5.74, 6) is -0.267. The van der Waals surface area contributed by atoms with E-state index in [0.29, 0.717) is 6.42 Å². The predicted octanol–water partition coefficient (Wildman–Crippen LogP) is 1.91. The largest absolute Gasteiger partial charge is 0.370 e. The molecule has 0 bridgehead atoms. The zero-order valence-electron chi connectivity index (χ0n) is 10.2. The summed E-state index contributed by atoms with van der Waals surface area (Å²) < 4.78 is 0. The Kier molecular flexibility index (Phi) is 4.50. The van der Waals surface area contributed by atoms with Crippen LogP contribution >= 0.6 is 0 Å². The third-order valence-corrected chi connectivity index (χ3v) is 2.62. The summed E-state index contributed by atoms with van der Waals surface area (Å²) in [5, 5.41) is 3.35. The lowest BCUT2D eigenvalue weighted by molar-refractivity contribution is -0.118. The van der Waals surface area contributed by atoms with Crippen molar-refractivity contribution in [3.8, 4) is 0 Å². The summed E-state index contributed by atoms with van der Waals surface area (Å²) in [7, 11) is 0. The topological polar surface area (TPSA) is 55.1 Å². The molecule has 1 aromatic carbocycles. The van der Waals surface area contributed by atoms with E-state index in [4.69, 9.17) is 5.73 Å². The molecule has 1 amide bonds. The average Bonchev–Trinajstić information content (AvgIpc) is 2.16. The molecule has 2 unspecified atom stereocenters. The maximum atomic E-state index is 10.8. The highest BCUT2D eigenvalue weighted by Crippen LogP contribution is 2.14. The molecule has 16 heavy (non-hydrogen) atoms. The first-order valence-corrected chi connectivity index (χ1v) is 5.60. The summed E-state index contributed by atoms with van der Waals surface area (Å²) in [6.07, 6.45) is 0.371. The van der Waals surface area contributed by atoms with Crippen LogP contribution in [-0.4, -0.2) is 11.9 Å². The number of aryl methyl sites for hydroxylation is 1. The fraction of sp³-hybridized carbons (Fsp3) is 0.462. The van der Waals surface area contributed by atoms with Crippen LogP contribution in [-0.2, 0) is 4.79 Å². The van der Waals surface area contributed by atoms with Crippen molar-refractivity contribution in [3.63, 3.8) is 0 Å². The Labute approximate surface area is 97.0 Å². The molecular weight excluding hydrogens is 200 g/mol. The van der Waals surface area contributed by atoms with Crippen LogP contribution in [0.15, 0.2) is 24.3 Å². The van der Waals surface area contributed by atoms with Gasteiger partial charge in [0.15, 0.2) is 0 Å². The lowest BCUT2D eigenvalue weighted by Crippen LogP contribution is -2.32. The fourth-order valence-electron chi connectivity index (χ4n) is 1.74. The van der Waals surface area contributed by atoms with E-state index in [1.54, 1.807) is 0 Å². The monoisotopic (exact) mass is 220 g/mol. The number of rotatable bonds is 5. The minimum atomic E-state index is -0.267. The normalized spacial score (nSPS) is 14.4. The van der Waals surface area contributed by atoms with Gasteiger partial charge < -0.3 is 11.1 Å². The highest BCUT2D eigenvalue weighted by Gasteiger charge is 2.10. The summed E-state index contributed by atoms with van der Waals surface area (Å²) in [6.45, 7) is 6.12. The van der Waals surface area contributed by atoms with E-state index in [0.717, 1.165) is 0 Å². The predicted molar refractivity (Wildman–Crippen MR) is 66.0 cm³/mol. The second kappa shape index (κ2) is 5.66. The average molecular weight is 220 g/mol. The van der Waals surface area contributed by atoms with Gasteiger partial charge in [-0.15, -0.1) is 0 Å². The van der Waals surface area contributed by atoms with E-state index in [9.17, 15) is 4.79 Å². The number of carbonyl (C=O) groups excluding carboxylic acids is 1. The van der Waals surface area contributed by atoms with E-state index in [-0.39, 0.29) is 18.0 Å². The van der Waals surface area contributed by atoms with Crippen molar-refractivity contribution in [2.45, 2.75) is 39.3 Å². The molecule has 1 aromatic rings. The number of carbonyl (C=O) groups is 1.